The molecular weight excluding hydrogens is 901 g/mol. The first-order chi connectivity index (χ1) is 36.0. The van der Waals surface area contributed by atoms with Gasteiger partial charge in [0.05, 0.1) is 0 Å². The summed E-state index contributed by atoms with van der Waals surface area (Å²) in [6, 6.07) is 0. The van der Waals surface area contributed by atoms with Gasteiger partial charge in [0.1, 0.15) is 13.2 Å². The van der Waals surface area contributed by atoms with E-state index < -0.39 is 6.10 Å². The van der Waals surface area contributed by atoms with E-state index in [-0.39, 0.29) is 37.5 Å². The maximum atomic E-state index is 12.8. The second kappa shape index (κ2) is 59.8. The standard InChI is InChI=1S/C67H106O6/c1-4-7-10-13-15-17-19-21-23-25-27-29-31-32-33-34-36-37-39-41-43-45-47-49-51-54-57-60-66(69)72-63-64(62-71-65(68)59-56-53-12-9-6-3)73-67(70)61-58-55-52-50-48-46-44-42-40-38-35-30-28-26-24-22-20-18-16-14-11-8-5-2/h7-8,10-11,15-18,21-24,27-30,32-33,38,40,44,46,50,52,64H,4-6,9,12-14,19-20,25-26,31,34-37,39,41-43,45,47-49,51,53-63H2,1-3H3/b10-7-,11-8-,17-15-,18-16-,23-21-,24-22-,29-27-,30-28-,33-32-,40-38-,46-44-,52-50-. The summed E-state index contributed by atoms with van der Waals surface area (Å²) in [6.45, 7) is 6.26. The van der Waals surface area contributed by atoms with Crippen LogP contribution in [-0.2, 0) is 28.6 Å². The number of carbonyl (C=O) groups excluding carboxylic acids is 3. The third-order valence-corrected chi connectivity index (χ3v) is 11.8. The Morgan fingerprint density at radius 1 is 0.288 bits per heavy atom. The van der Waals surface area contributed by atoms with Crippen molar-refractivity contribution in [2.45, 2.75) is 245 Å². The van der Waals surface area contributed by atoms with Crippen LogP contribution >= 0.6 is 0 Å². The van der Waals surface area contributed by atoms with Crippen LogP contribution in [0, 0.1) is 0 Å². The molecule has 0 amide bonds. The zero-order valence-electron chi connectivity index (χ0n) is 46.8. The Morgan fingerprint density at radius 2 is 0.548 bits per heavy atom. The van der Waals surface area contributed by atoms with Gasteiger partial charge in [-0.05, 0) is 116 Å². The summed E-state index contributed by atoms with van der Waals surface area (Å²) in [5.41, 5.74) is 0. The van der Waals surface area contributed by atoms with Gasteiger partial charge in [-0.15, -0.1) is 0 Å². The third-order valence-electron chi connectivity index (χ3n) is 11.8. The summed E-state index contributed by atoms with van der Waals surface area (Å²) in [4.78, 5) is 37.8. The lowest BCUT2D eigenvalue weighted by atomic mass is 10.0. The highest BCUT2D eigenvalue weighted by Gasteiger charge is 2.19. The van der Waals surface area contributed by atoms with Crippen LogP contribution < -0.4 is 0 Å². The number of unbranched alkanes of at least 4 members (excludes halogenated alkanes) is 16. The number of allylic oxidation sites excluding steroid dienone is 24. The van der Waals surface area contributed by atoms with Crippen LogP contribution in [0.5, 0.6) is 0 Å². The molecule has 1 atom stereocenters. The van der Waals surface area contributed by atoms with E-state index in [0.717, 1.165) is 135 Å². The predicted octanol–water partition coefficient (Wildman–Crippen LogP) is 20.0. The third kappa shape index (κ3) is 58.1. The van der Waals surface area contributed by atoms with Gasteiger partial charge >= 0.3 is 17.9 Å². The van der Waals surface area contributed by atoms with Crippen LogP contribution in [0.15, 0.2) is 146 Å². The monoisotopic (exact) mass is 1010 g/mol. The van der Waals surface area contributed by atoms with Crippen molar-refractivity contribution in [2.75, 3.05) is 13.2 Å². The quantitative estimate of drug-likeness (QED) is 0.0261. The van der Waals surface area contributed by atoms with Crippen molar-refractivity contribution in [1.29, 1.82) is 0 Å². The Kier molecular flexibility index (Phi) is 56.0. The van der Waals surface area contributed by atoms with E-state index in [1.807, 2.05) is 0 Å². The molecule has 73 heavy (non-hydrogen) atoms. The Balaban J connectivity index is 4.21. The minimum absolute atomic E-state index is 0.107. The molecule has 0 aliphatic heterocycles. The van der Waals surface area contributed by atoms with Crippen LogP contribution in [0.1, 0.15) is 239 Å². The molecule has 410 valence electrons. The van der Waals surface area contributed by atoms with Crippen LogP contribution in [0.3, 0.4) is 0 Å². The van der Waals surface area contributed by atoms with Crippen molar-refractivity contribution >= 4 is 17.9 Å². The number of rotatable bonds is 51. The molecule has 0 aliphatic rings. The topological polar surface area (TPSA) is 78.9 Å². The zero-order chi connectivity index (χ0) is 52.9. The molecule has 0 aliphatic carbocycles. The van der Waals surface area contributed by atoms with Gasteiger partial charge in [0.25, 0.3) is 0 Å². The van der Waals surface area contributed by atoms with Gasteiger partial charge in [-0.25, -0.2) is 0 Å². The average Bonchev–Trinajstić information content (AvgIpc) is 3.39. The molecule has 6 heteroatoms. The van der Waals surface area contributed by atoms with Crippen molar-refractivity contribution in [1.82, 2.24) is 0 Å². The number of ether oxygens (including phenoxy) is 3. The van der Waals surface area contributed by atoms with Gasteiger partial charge in [-0.3, -0.25) is 14.4 Å². The summed E-state index contributed by atoms with van der Waals surface area (Å²) in [7, 11) is 0. The molecule has 0 aromatic rings. The Hall–Kier alpha value is -4.71. The molecule has 6 nitrogen and oxygen atoms in total. The first-order valence-corrected chi connectivity index (χ1v) is 29.3. The molecule has 0 bridgehead atoms. The molecule has 0 N–H and O–H groups in total. The lowest BCUT2D eigenvalue weighted by Gasteiger charge is -2.18. The Labute approximate surface area is 448 Å². The maximum absolute atomic E-state index is 12.8. The summed E-state index contributed by atoms with van der Waals surface area (Å²) in [5.74, 6) is -0.991. The van der Waals surface area contributed by atoms with Crippen LogP contribution in [0.25, 0.3) is 0 Å². The fourth-order valence-corrected chi connectivity index (χ4v) is 7.52. The summed E-state index contributed by atoms with van der Waals surface area (Å²) in [5, 5.41) is 0. The maximum Gasteiger partial charge on any atom is 0.306 e. The van der Waals surface area contributed by atoms with E-state index in [9.17, 15) is 14.4 Å². The van der Waals surface area contributed by atoms with Crippen LogP contribution in [-0.4, -0.2) is 37.2 Å². The van der Waals surface area contributed by atoms with Crippen LogP contribution in [0.2, 0.25) is 0 Å². The highest BCUT2D eigenvalue weighted by Crippen LogP contribution is 2.14. The SMILES string of the molecule is CC/C=C\C/C=C\C/C=C\C/C=C\C/C=C\C/C=C\C/C=C\CCCC(=O)OC(COC(=O)CCCCCCC)COC(=O)CCCCCCCCCCCCC/C=C\C/C=C\C/C=C\C/C=C\C/C=C\CC. The number of hydrogen-bond acceptors (Lipinski definition) is 6. The molecule has 1 unspecified atom stereocenters. The normalized spacial score (nSPS) is 13.2. The van der Waals surface area contributed by atoms with Gasteiger partial charge in [-0.2, -0.15) is 0 Å². The molecule has 0 saturated heterocycles. The minimum atomic E-state index is -0.812. The fraction of sp³-hybridized carbons (Fsp3) is 0.597. The van der Waals surface area contributed by atoms with Gasteiger partial charge in [0.15, 0.2) is 6.10 Å². The van der Waals surface area contributed by atoms with Gasteiger partial charge in [-0.1, -0.05) is 250 Å². The highest BCUT2D eigenvalue weighted by atomic mass is 16.6. The smallest absolute Gasteiger partial charge is 0.306 e. The van der Waals surface area contributed by atoms with E-state index in [0.29, 0.717) is 19.3 Å². The van der Waals surface area contributed by atoms with E-state index in [4.69, 9.17) is 14.2 Å². The van der Waals surface area contributed by atoms with Gasteiger partial charge < -0.3 is 14.2 Å². The molecule has 0 spiro atoms. The minimum Gasteiger partial charge on any atom is -0.462 e. The number of esters is 3. The number of hydrogen-bond donors (Lipinski definition) is 0. The highest BCUT2D eigenvalue weighted by molar-refractivity contribution is 5.71. The predicted molar refractivity (Wildman–Crippen MR) is 315 cm³/mol. The molecule has 0 heterocycles. The largest absolute Gasteiger partial charge is 0.462 e. The molecule has 0 rings (SSSR count). The molecule has 0 aromatic carbocycles. The van der Waals surface area contributed by atoms with E-state index in [2.05, 4.69) is 167 Å². The summed E-state index contributed by atoms with van der Waals surface area (Å²) in [6.07, 6.45) is 86.1. The van der Waals surface area contributed by atoms with Crippen molar-refractivity contribution in [3.8, 4) is 0 Å². The molecule has 0 radical (unpaired) electrons. The fourth-order valence-electron chi connectivity index (χ4n) is 7.52. The van der Waals surface area contributed by atoms with E-state index in [1.165, 1.54) is 57.8 Å². The molecule has 0 saturated carbocycles. The zero-order valence-corrected chi connectivity index (χ0v) is 46.8. The van der Waals surface area contributed by atoms with Crippen molar-refractivity contribution in [2.24, 2.45) is 0 Å². The van der Waals surface area contributed by atoms with Crippen LogP contribution in [0.4, 0.5) is 0 Å². The van der Waals surface area contributed by atoms with Gasteiger partial charge in [0, 0.05) is 19.3 Å². The molecule has 0 fully saturated rings. The lowest BCUT2D eigenvalue weighted by Crippen LogP contribution is -2.30. The summed E-state index contributed by atoms with van der Waals surface area (Å²) >= 11 is 0. The first kappa shape index (κ1) is 68.3. The number of carbonyl (C=O) groups is 3. The van der Waals surface area contributed by atoms with E-state index in [1.54, 1.807) is 0 Å². The second-order valence-corrected chi connectivity index (χ2v) is 18.8. The average molecular weight is 1010 g/mol. The Morgan fingerprint density at radius 3 is 0.877 bits per heavy atom. The van der Waals surface area contributed by atoms with Crippen molar-refractivity contribution in [3.63, 3.8) is 0 Å². The Bertz CT molecular complexity index is 1630. The van der Waals surface area contributed by atoms with Crippen molar-refractivity contribution in [3.05, 3.63) is 146 Å². The molecule has 0 aromatic heterocycles. The summed E-state index contributed by atoms with van der Waals surface area (Å²) < 4.78 is 16.7. The van der Waals surface area contributed by atoms with Crippen molar-refractivity contribution < 1.29 is 28.6 Å². The second-order valence-electron chi connectivity index (χ2n) is 18.8. The lowest BCUT2D eigenvalue weighted by molar-refractivity contribution is -0.167. The van der Waals surface area contributed by atoms with Gasteiger partial charge in [0.2, 0.25) is 0 Å². The van der Waals surface area contributed by atoms with E-state index >= 15 is 0 Å². The molecular formula is C67H106O6. The first-order valence-electron chi connectivity index (χ1n) is 29.3.